The lowest BCUT2D eigenvalue weighted by Crippen LogP contribution is -2.32. The van der Waals surface area contributed by atoms with E-state index >= 15 is 0 Å². The average molecular weight is 338 g/mol. The van der Waals surface area contributed by atoms with Crippen molar-refractivity contribution < 1.29 is 4.79 Å². The van der Waals surface area contributed by atoms with Crippen LogP contribution in [0, 0.1) is 0 Å². The van der Waals surface area contributed by atoms with E-state index in [4.69, 9.17) is 0 Å². The van der Waals surface area contributed by atoms with Crippen molar-refractivity contribution in [3.8, 4) is 0 Å². The Morgan fingerprint density at radius 2 is 2.08 bits per heavy atom. The molecule has 0 spiro atoms. The van der Waals surface area contributed by atoms with Crippen LogP contribution in [0.15, 0.2) is 48.1 Å². The normalized spacial score (nSPS) is 15.8. The van der Waals surface area contributed by atoms with Crippen molar-refractivity contribution >= 4 is 33.3 Å². The number of aromatic nitrogens is 2. The lowest BCUT2D eigenvalue weighted by atomic mass is 10.1. The Balaban J connectivity index is 1.65. The van der Waals surface area contributed by atoms with Gasteiger partial charge in [-0.05, 0) is 23.4 Å². The highest BCUT2D eigenvalue weighted by molar-refractivity contribution is 7.17. The van der Waals surface area contributed by atoms with Crippen LogP contribution in [0.5, 0.6) is 0 Å². The summed E-state index contributed by atoms with van der Waals surface area (Å²) >= 11 is 1.63. The molecular weight excluding hydrogens is 320 g/mol. The number of rotatable bonds is 5. The summed E-state index contributed by atoms with van der Waals surface area (Å²) in [5.74, 6) is 1.07. The third kappa shape index (κ3) is 2.97. The van der Waals surface area contributed by atoms with Gasteiger partial charge in [0.2, 0.25) is 5.91 Å². The first kappa shape index (κ1) is 15.1. The fourth-order valence-corrected chi connectivity index (χ4v) is 3.89. The van der Waals surface area contributed by atoms with Crippen LogP contribution in [0.1, 0.15) is 24.4 Å². The SMILES string of the molecule is O=C1CCCN1C[C@H](Nc1ncnc2ccsc12)c1ccccc1. The van der Waals surface area contributed by atoms with Gasteiger partial charge in [0.05, 0.1) is 16.3 Å². The van der Waals surface area contributed by atoms with E-state index in [-0.39, 0.29) is 11.9 Å². The minimum Gasteiger partial charge on any atom is -0.360 e. The molecule has 1 N–H and O–H groups in total. The number of fused-ring (bicyclic) bond motifs is 1. The van der Waals surface area contributed by atoms with Crippen molar-refractivity contribution in [2.45, 2.75) is 18.9 Å². The van der Waals surface area contributed by atoms with Crippen LogP contribution in [0.25, 0.3) is 10.2 Å². The number of benzene rings is 1. The molecule has 0 saturated carbocycles. The second kappa shape index (κ2) is 6.57. The first-order chi connectivity index (χ1) is 11.8. The Morgan fingerprint density at radius 3 is 2.88 bits per heavy atom. The third-order valence-corrected chi connectivity index (χ3v) is 5.24. The Morgan fingerprint density at radius 1 is 1.21 bits per heavy atom. The van der Waals surface area contributed by atoms with Gasteiger partial charge in [-0.15, -0.1) is 11.3 Å². The van der Waals surface area contributed by atoms with Gasteiger partial charge < -0.3 is 10.2 Å². The van der Waals surface area contributed by atoms with E-state index in [0.717, 1.165) is 34.6 Å². The average Bonchev–Trinajstić information content (AvgIpc) is 3.25. The summed E-state index contributed by atoms with van der Waals surface area (Å²) in [5.41, 5.74) is 2.10. The van der Waals surface area contributed by atoms with E-state index < -0.39 is 0 Å². The van der Waals surface area contributed by atoms with E-state index in [1.165, 1.54) is 0 Å². The van der Waals surface area contributed by atoms with Gasteiger partial charge in [-0.2, -0.15) is 0 Å². The van der Waals surface area contributed by atoms with Crippen molar-refractivity contribution in [1.29, 1.82) is 0 Å². The summed E-state index contributed by atoms with van der Waals surface area (Å²) in [4.78, 5) is 22.7. The fraction of sp³-hybridized carbons (Fsp3) is 0.278. The van der Waals surface area contributed by atoms with Gasteiger partial charge in [-0.25, -0.2) is 9.97 Å². The second-order valence-electron chi connectivity index (χ2n) is 5.91. The third-order valence-electron chi connectivity index (χ3n) is 4.33. The molecule has 0 bridgehead atoms. The summed E-state index contributed by atoms with van der Waals surface area (Å²) in [6, 6.07) is 12.2. The van der Waals surface area contributed by atoms with Crippen LogP contribution in [0.3, 0.4) is 0 Å². The van der Waals surface area contributed by atoms with Crippen LogP contribution in [-0.2, 0) is 4.79 Å². The zero-order valence-corrected chi connectivity index (χ0v) is 14.0. The predicted molar refractivity (Wildman–Crippen MR) is 96.0 cm³/mol. The number of hydrogen-bond donors (Lipinski definition) is 1. The molecule has 1 aliphatic heterocycles. The zero-order chi connectivity index (χ0) is 16.4. The largest absolute Gasteiger partial charge is 0.360 e. The summed E-state index contributed by atoms with van der Waals surface area (Å²) in [7, 11) is 0. The molecule has 3 heterocycles. The van der Waals surface area contributed by atoms with Crippen molar-refractivity contribution in [3.63, 3.8) is 0 Å². The molecule has 0 radical (unpaired) electrons. The standard InChI is InChI=1S/C18H18N4OS/c23-16-7-4-9-22(16)11-15(13-5-2-1-3-6-13)21-18-17-14(8-10-24-17)19-12-20-18/h1-3,5-6,8,10,12,15H,4,7,9,11H2,(H,19,20,21)/t15-/m0/s1. The number of likely N-dealkylation sites (tertiary alicyclic amines) is 1. The number of anilines is 1. The molecule has 1 aliphatic rings. The zero-order valence-electron chi connectivity index (χ0n) is 13.2. The Kier molecular flexibility index (Phi) is 4.13. The predicted octanol–water partition coefficient (Wildman–Crippen LogP) is 3.47. The molecular formula is C18H18N4OS. The Labute approximate surface area is 144 Å². The monoisotopic (exact) mass is 338 g/mol. The number of amides is 1. The maximum atomic E-state index is 12.0. The highest BCUT2D eigenvalue weighted by Gasteiger charge is 2.25. The maximum Gasteiger partial charge on any atom is 0.222 e. The van der Waals surface area contributed by atoms with Crippen LogP contribution >= 0.6 is 11.3 Å². The number of carbonyl (C=O) groups excluding carboxylic acids is 1. The molecule has 1 atom stereocenters. The molecule has 1 saturated heterocycles. The van der Waals surface area contributed by atoms with E-state index in [1.807, 2.05) is 34.5 Å². The topological polar surface area (TPSA) is 58.1 Å². The highest BCUT2D eigenvalue weighted by atomic mass is 32.1. The molecule has 1 aromatic carbocycles. The lowest BCUT2D eigenvalue weighted by Gasteiger charge is -2.25. The molecule has 5 nitrogen and oxygen atoms in total. The van der Waals surface area contributed by atoms with Crippen LogP contribution in [0.4, 0.5) is 5.82 Å². The Bertz CT molecular complexity index is 848. The number of thiophene rings is 1. The molecule has 24 heavy (non-hydrogen) atoms. The summed E-state index contributed by atoms with van der Waals surface area (Å²) in [6.07, 6.45) is 3.19. The Hall–Kier alpha value is -2.47. The number of carbonyl (C=O) groups is 1. The van der Waals surface area contributed by atoms with Gasteiger partial charge in [0.1, 0.15) is 12.1 Å². The maximum absolute atomic E-state index is 12.0. The first-order valence-corrected chi connectivity index (χ1v) is 8.97. The van der Waals surface area contributed by atoms with Gasteiger partial charge in [0.25, 0.3) is 0 Å². The van der Waals surface area contributed by atoms with E-state index in [2.05, 4.69) is 27.4 Å². The van der Waals surface area contributed by atoms with Gasteiger partial charge in [-0.3, -0.25) is 4.79 Å². The van der Waals surface area contributed by atoms with Gasteiger partial charge in [-0.1, -0.05) is 30.3 Å². The lowest BCUT2D eigenvalue weighted by molar-refractivity contribution is -0.127. The second-order valence-corrected chi connectivity index (χ2v) is 6.82. The van der Waals surface area contributed by atoms with Crippen LogP contribution in [-0.4, -0.2) is 33.9 Å². The molecule has 6 heteroatoms. The molecule has 0 aliphatic carbocycles. The van der Waals surface area contributed by atoms with Crippen molar-refractivity contribution in [2.24, 2.45) is 0 Å². The summed E-state index contributed by atoms with van der Waals surface area (Å²) in [5, 5.41) is 5.56. The van der Waals surface area contributed by atoms with Crippen molar-refractivity contribution in [3.05, 3.63) is 53.7 Å². The number of hydrogen-bond acceptors (Lipinski definition) is 5. The molecule has 122 valence electrons. The van der Waals surface area contributed by atoms with Gasteiger partial charge in [0.15, 0.2) is 0 Å². The minimum absolute atomic E-state index is 0.00782. The molecule has 2 aromatic heterocycles. The minimum atomic E-state index is 0.00782. The van der Waals surface area contributed by atoms with Gasteiger partial charge in [0, 0.05) is 19.5 Å². The first-order valence-electron chi connectivity index (χ1n) is 8.09. The summed E-state index contributed by atoms with van der Waals surface area (Å²) in [6.45, 7) is 1.49. The molecule has 1 amide bonds. The number of nitrogens with one attached hydrogen (secondary N) is 1. The molecule has 0 unspecified atom stereocenters. The van der Waals surface area contributed by atoms with Crippen LogP contribution in [0.2, 0.25) is 0 Å². The van der Waals surface area contributed by atoms with Gasteiger partial charge >= 0.3 is 0 Å². The summed E-state index contributed by atoms with van der Waals surface area (Å²) < 4.78 is 1.05. The fourth-order valence-electron chi connectivity index (χ4n) is 3.09. The van der Waals surface area contributed by atoms with E-state index in [1.54, 1.807) is 17.7 Å². The highest BCUT2D eigenvalue weighted by Crippen LogP contribution is 2.29. The quantitative estimate of drug-likeness (QED) is 0.774. The number of nitrogens with zero attached hydrogens (tertiary/aromatic N) is 3. The van der Waals surface area contributed by atoms with Crippen molar-refractivity contribution in [1.82, 2.24) is 14.9 Å². The van der Waals surface area contributed by atoms with Crippen LogP contribution < -0.4 is 5.32 Å². The smallest absolute Gasteiger partial charge is 0.222 e. The molecule has 4 rings (SSSR count). The molecule has 3 aromatic rings. The van der Waals surface area contributed by atoms with E-state index in [0.29, 0.717) is 13.0 Å². The molecule has 1 fully saturated rings. The van der Waals surface area contributed by atoms with Crippen molar-refractivity contribution in [2.75, 3.05) is 18.4 Å². The van der Waals surface area contributed by atoms with E-state index in [9.17, 15) is 4.79 Å².